The van der Waals surface area contributed by atoms with Crippen molar-refractivity contribution < 1.29 is 9.53 Å². The van der Waals surface area contributed by atoms with Crippen molar-refractivity contribution in [1.82, 2.24) is 24.6 Å². The molecule has 1 saturated heterocycles. The van der Waals surface area contributed by atoms with Gasteiger partial charge in [0.1, 0.15) is 6.33 Å². The normalized spacial score (nSPS) is 15.7. The number of carbonyl (C=O) groups excluding carboxylic acids is 1. The third-order valence-corrected chi connectivity index (χ3v) is 4.22. The Morgan fingerprint density at radius 1 is 1.25 bits per heavy atom. The van der Waals surface area contributed by atoms with Crippen LogP contribution in [0.2, 0.25) is 0 Å². The topological polar surface area (TPSA) is 63.5 Å². The van der Waals surface area contributed by atoms with Gasteiger partial charge in [0.05, 0.1) is 12.3 Å². The van der Waals surface area contributed by atoms with Crippen LogP contribution < -0.4 is 0 Å². The number of piperazine rings is 1. The second kappa shape index (κ2) is 7.55. The molecule has 1 aromatic heterocycles. The van der Waals surface area contributed by atoms with Crippen molar-refractivity contribution >= 4 is 5.91 Å². The van der Waals surface area contributed by atoms with Crippen molar-refractivity contribution in [3.8, 4) is 5.69 Å². The van der Waals surface area contributed by atoms with E-state index in [9.17, 15) is 4.79 Å². The van der Waals surface area contributed by atoms with Crippen LogP contribution in [0.3, 0.4) is 0 Å². The molecular weight excluding hydrogens is 306 g/mol. The van der Waals surface area contributed by atoms with Crippen molar-refractivity contribution in [3.05, 3.63) is 42.0 Å². The van der Waals surface area contributed by atoms with E-state index in [-0.39, 0.29) is 11.7 Å². The molecule has 0 bridgehead atoms. The maximum Gasteiger partial charge on any atom is 0.293 e. The Labute approximate surface area is 141 Å². The lowest BCUT2D eigenvalue weighted by Gasteiger charge is -2.33. The third-order valence-electron chi connectivity index (χ3n) is 4.22. The molecule has 7 nitrogen and oxygen atoms in total. The maximum absolute atomic E-state index is 12.6. The van der Waals surface area contributed by atoms with Gasteiger partial charge in [-0.3, -0.25) is 9.69 Å². The fourth-order valence-electron chi connectivity index (χ4n) is 2.79. The fourth-order valence-corrected chi connectivity index (χ4v) is 2.79. The largest absolute Gasteiger partial charge is 0.383 e. The summed E-state index contributed by atoms with van der Waals surface area (Å²) >= 11 is 0. The standard InChI is InChI=1S/C17H23N5O2/c1-14-4-3-5-15(12-14)22-13-18-16(19-22)17(23)21-8-6-20(7-9-21)10-11-24-2/h3-5,12-13H,6-11H2,1-2H3. The minimum absolute atomic E-state index is 0.104. The Morgan fingerprint density at radius 2 is 2.04 bits per heavy atom. The van der Waals surface area contributed by atoms with Gasteiger partial charge in [-0.1, -0.05) is 12.1 Å². The lowest BCUT2D eigenvalue weighted by Crippen LogP contribution is -2.49. The molecule has 2 heterocycles. The van der Waals surface area contributed by atoms with Crippen LogP contribution in [0.5, 0.6) is 0 Å². The summed E-state index contributed by atoms with van der Waals surface area (Å²) in [4.78, 5) is 20.9. The van der Waals surface area contributed by atoms with Crippen LogP contribution in [0.4, 0.5) is 0 Å². The summed E-state index contributed by atoms with van der Waals surface area (Å²) in [5, 5.41) is 4.35. The fraction of sp³-hybridized carbons (Fsp3) is 0.471. The average Bonchev–Trinajstić information content (AvgIpc) is 3.10. The van der Waals surface area contributed by atoms with Crippen LogP contribution in [-0.4, -0.2) is 76.9 Å². The first kappa shape index (κ1) is 16.6. The number of hydrogen-bond donors (Lipinski definition) is 0. The molecule has 128 valence electrons. The quantitative estimate of drug-likeness (QED) is 0.818. The van der Waals surface area contributed by atoms with E-state index in [4.69, 9.17) is 4.74 Å². The van der Waals surface area contributed by atoms with Gasteiger partial charge >= 0.3 is 0 Å². The van der Waals surface area contributed by atoms with Gasteiger partial charge in [-0.15, -0.1) is 5.10 Å². The highest BCUT2D eigenvalue weighted by Gasteiger charge is 2.24. The van der Waals surface area contributed by atoms with E-state index in [1.54, 1.807) is 18.1 Å². The number of amides is 1. The van der Waals surface area contributed by atoms with E-state index in [2.05, 4.69) is 15.0 Å². The van der Waals surface area contributed by atoms with Crippen LogP contribution in [0.15, 0.2) is 30.6 Å². The van der Waals surface area contributed by atoms with Crippen molar-refractivity contribution in [2.75, 3.05) is 46.4 Å². The molecule has 0 radical (unpaired) electrons. The first-order chi connectivity index (χ1) is 11.7. The number of nitrogens with zero attached hydrogens (tertiary/aromatic N) is 5. The summed E-state index contributed by atoms with van der Waals surface area (Å²) in [6.07, 6.45) is 1.59. The minimum atomic E-state index is -0.104. The number of aryl methyl sites for hydroxylation is 1. The summed E-state index contributed by atoms with van der Waals surface area (Å²) in [5.74, 6) is 0.148. The van der Waals surface area contributed by atoms with Crippen molar-refractivity contribution in [2.24, 2.45) is 0 Å². The Kier molecular flexibility index (Phi) is 5.22. The summed E-state index contributed by atoms with van der Waals surface area (Å²) in [6.45, 7) is 6.75. The van der Waals surface area contributed by atoms with Gasteiger partial charge in [-0.2, -0.15) is 0 Å². The molecule has 1 amide bonds. The molecular formula is C17H23N5O2. The van der Waals surface area contributed by atoms with E-state index in [0.717, 1.165) is 37.5 Å². The Balaban J connectivity index is 1.62. The number of benzene rings is 1. The highest BCUT2D eigenvalue weighted by Crippen LogP contribution is 2.10. The maximum atomic E-state index is 12.6. The SMILES string of the molecule is COCCN1CCN(C(=O)c2ncn(-c3cccc(C)c3)n2)CC1. The number of ether oxygens (including phenoxy) is 1. The smallest absolute Gasteiger partial charge is 0.293 e. The highest BCUT2D eigenvalue weighted by molar-refractivity contribution is 5.90. The molecule has 3 rings (SSSR count). The van der Waals surface area contributed by atoms with E-state index in [1.807, 2.05) is 36.1 Å². The molecule has 0 saturated carbocycles. The predicted octanol–water partition coefficient (Wildman–Crippen LogP) is 0.980. The first-order valence-electron chi connectivity index (χ1n) is 8.16. The van der Waals surface area contributed by atoms with Crippen LogP contribution >= 0.6 is 0 Å². The third kappa shape index (κ3) is 3.80. The molecule has 1 aliphatic heterocycles. The predicted molar refractivity (Wildman–Crippen MR) is 90.3 cm³/mol. The van der Waals surface area contributed by atoms with Gasteiger partial charge in [0.15, 0.2) is 0 Å². The summed E-state index contributed by atoms with van der Waals surface area (Å²) in [6, 6.07) is 7.95. The zero-order chi connectivity index (χ0) is 16.9. The van der Waals surface area contributed by atoms with E-state index >= 15 is 0 Å². The summed E-state index contributed by atoms with van der Waals surface area (Å²) in [7, 11) is 1.70. The number of hydrogen-bond acceptors (Lipinski definition) is 5. The molecule has 1 fully saturated rings. The molecule has 7 heteroatoms. The molecule has 1 aliphatic rings. The number of aromatic nitrogens is 3. The molecule has 0 unspecified atom stereocenters. The molecule has 24 heavy (non-hydrogen) atoms. The monoisotopic (exact) mass is 329 g/mol. The Hall–Kier alpha value is -2.25. The highest BCUT2D eigenvalue weighted by atomic mass is 16.5. The van der Waals surface area contributed by atoms with Crippen molar-refractivity contribution in [2.45, 2.75) is 6.92 Å². The molecule has 0 spiro atoms. The van der Waals surface area contributed by atoms with Crippen molar-refractivity contribution in [3.63, 3.8) is 0 Å². The van der Waals surface area contributed by atoms with E-state index in [0.29, 0.717) is 13.1 Å². The van der Waals surface area contributed by atoms with Gasteiger partial charge in [0.2, 0.25) is 5.82 Å². The summed E-state index contributed by atoms with van der Waals surface area (Å²) in [5.41, 5.74) is 2.05. The number of methoxy groups -OCH3 is 1. The van der Waals surface area contributed by atoms with Gasteiger partial charge in [0.25, 0.3) is 5.91 Å². The van der Waals surface area contributed by atoms with E-state index < -0.39 is 0 Å². The zero-order valence-corrected chi connectivity index (χ0v) is 14.2. The molecule has 0 atom stereocenters. The molecule has 0 aliphatic carbocycles. The lowest BCUT2D eigenvalue weighted by molar-refractivity contribution is 0.0583. The number of carbonyl (C=O) groups is 1. The molecule has 1 aromatic carbocycles. The van der Waals surface area contributed by atoms with Gasteiger partial charge < -0.3 is 9.64 Å². The van der Waals surface area contributed by atoms with Gasteiger partial charge in [0, 0.05) is 39.8 Å². The van der Waals surface area contributed by atoms with Crippen LogP contribution in [-0.2, 0) is 4.74 Å². The van der Waals surface area contributed by atoms with Crippen LogP contribution in [0, 0.1) is 6.92 Å². The van der Waals surface area contributed by atoms with Gasteiger partial charge in [-0.25, -0.2) is 9.67 Å². The van der Waals surface area contributed by atoms with Gasteiger partial charge in [-0.05, 0) is 24.6 Å². The van der Waals surface area contributed by atoms with Crippen molar-refractivity contribution in [1.29, 1.82) is 0 Å². The van der Waals surface area contributed by atoms with E-state index in [1.165, 1.54) is 0 Å². The summed E-state index contributed by atoms with van der Waals surface area (Å²) < 4.78 is 6.74. The average molecular weight is 329 g/mol. The molecule has 2 aromatic rings. The Bertz CT molecular complexity index is 692. The minimum Gasteiger partial charge on any atom is -0.383 e. The Morgan fingerprint density at radius 3 is 2.75 bits per heavy atom. The zero-order valence-electron chi connectivity index (χ0n) is 14.2. The molecule has 0 N–H and O–H groups in total. The lowest BCUT2D eigenvalue weighted by atomic mass is 10.2. The van der Waals surface area contributed by atoms with Crippen LogP contribution in [0.1, 0.15) is 16.2 Å². The second-order valence-corrected chi connectivity index (χ2v) is 5.98. The second-order valence-electron chi connectivity index (χ2n) is 5.98. The first-order valence-corrected chi connectivity index (χ1v) is 8.16. The van der Waals surface area contributed by atoms with Crippen LogP contribution in [0.25, 0.3) is 5.69 Å². The number of rotatable bonds is 5.